The van der Waals surface area contributed by atoms with Gasteiger partial charge in [-0.1, -0.05) is 18.2 Å². The summed E-state index contributed by atoms with van der Waals surface area (Å²) in [5.74, 6) is -4.30. The molecule has 3 nitrogen and oxygen atoms in total. The second-order valence-electron chi connectivity index (χ2n) is 5.07. The lowest BCUT2D eigenvalue weighted by atomic mass is 9.81. The first-order chi connectivity index (χ1) is 8.89. The molecule has 1 atom stereocenters. The minimum absolute atomic E-state index is 0.112. The lowest BCUT2D eigenvalue weighted by molar-refractivity contribution is -0.136. The molecule has 5 heteroatoms. The van der Waals surface area contributed by atoms with E-state index in [0.717, 1.165) is 0 Å². The number of phenolic OH excluding ortho intramolecular Hbond substituents is 1. The molecule has 104 valence electrons. The van der Waals surface area contributed by atoms with Crippen molar-refractivity contribution in [3.05, 3.63) is 29.3 Å². The molecule has 19 heavy (non-hydrogen) atoms. The summed E-state index contributed by atoms with van der Waals surface area (Å²) in [5.41, 5.74) is 0.719. The molecule has 0 aromatic heterocycles. The van der Waals surface area contributed by atoms with Gasteiger partial charge in [0.1, 0.15) is 5.75 Å². The number of alkyl halides is 2. The maximum absolute atomic E-state index is 13.4. The number of halogens is 2. The van der Waals surface area contributed by atoms with Gasteiger partial charge in [0.05, 0.1) is 6.42 Å². The van der Waals surface area contributed by atoms with Crippen molar-refractivity contribution < 1.29 is 23.8 Å². The van der Waals surface area contributed by atoms with Crippen LogP contribution in [0.25, 0.3) is 0 Å². The maximum Gasteiger partial charge on any atom is 0.307 e. The van der Waals surface area contributed by atoms with Crippen LogP contribution in [-0.2, 0) is 11.2 Å². The Morgan fingerprint density at radius 1 is 1.42 bits per heavy atom. The third-order valence-electron chi connectivity index (χ3n) is 3.57. The van der Waals surface area contributed by atoms with Gasteiger partial charge >= 0.3 is 5.97 Å². The number of carboxylic acids is 1. The molecule has 1 aliphatic rings. The van der Waals surface area contributed by atoms with E-state index < -0.39 is 17.8 Å². The van der Waals surface area contributed by atoms with E-state index in [1.165, 1.54) is 6.07 Å². The van der Waals surface area contributed by atoms with Crippen molar-refractivity contribution in [2.24, 2.45) is 0 Å². The van der Waals surface area contributed by atoms with E-state index in [9.17, 15) is 18.7 Å². The Labute approximate surface area is 109 Å². The van der Waals surface area contributed by atoms with Crippen LogP contribution < -0.4 is 0 Å². The molecule has 1 aromatic rings. The smallest absolute Gasteiger partial charge is 0.307 e. The van der Waals surface area contributed by atoms with Crippen LogP contribution in [0.1, 0.15) is 42.7 Å². The maximum atomic E-state index is 13.4. The normalized spacial score (nSPS) is 22.1. The zero-order valence-electron chi connectivity index (χ0n) is 10.4. The van der Waals surface area contributed by atoms with E-state index in [0.29, 0.717) is 18.4 Å². The van der Waals surface area contributed by atoms with Crippen LogP contribution in [-0.4, -0.2) is 22.1 Å². The first-order valence-electron chi connectivity index (χ1n) is 6.29. The van der Waals surface area contributed by atoms with Crippen LogP contribution in [0.15, 0.2) is 18.2 Å². The van der Waals surface area contributed by atoms with Crippen molar-refractivity contribution in [1.82, 2.24) is 0 Å². The van der Waals surface area contributed by atoms with E-state index in [1.807, 2.05) is 0 Å². The zero-order chi connectivity index (χ0) is 14.0. The summed E-state index contributed by atoms with van der Waals surface area (Å²) in [5, 5.41) is 18.8. The largest absolute Gasteiger partial charge is 0.507 e. The fourth-order valence-electron chi connectivity index (χ4n) is 2.68. The minimum atomic E-state index is -2.70. The lowest BCUT2D eigenvalue weighted by Gasteiger charge is -2.29. The molecule has 1 aliphatic carbocycles. The molecule has 0 saturated heterocycles. The van der Waals surface area contributed by atoms with Gasteiger partial charge in [0, 0.05) is 18.4 Å². The number of aliphatic carboxylic acids is 1. The minimum Gasteiger partial charge on any atom is -0.507 e. The fourth-order valence-corrected chi connectivity index (χ4v) is 2.68. The van der Waals surface area contributed by atoms with E-state index in [1.54, 1.807) is 12.1 Å². The van der Waals surface area contributed by atoms with Crippen LogP contribution in [0.5, 0.6) is 5.75 Å². The van der Waals surface area contributed by atoms with Crippen molar-refractivity contribution in [1.29, 1.82) is 0 Å². The topological polar surface area (TPSA) is 57.5 Å². The molecule has 2 rings (SSSR count). The zero-order valence-corrected chi connectivity index (χ0v) is 10.4. The lowest BCUT2D eigenvalue weighted by Crippen LogP contribution is -2.25. The number of hydrogen-bond acceptors (Lipinski definition) is 2. The Morgan fingerprint density at radius 2 is 2.16 bits per heavy atom. The first-order valence-corrected chi connectivity index (χ1v) is 6.29. The number of benzene rings is 1. The van der Waals surface area contributed by atoms with Crippen LogP contribution in [0.3, 0.4) is 0 Å². The fraction of sp³-hybridized carbons (Fsp3) is 0.500. The van der Waals surface area contributed by atoms with Gasteiger partial charge in [-0.2, -0.15) is 0 Å². The van der Waals surface area contributed by atoms with Gasteiger partial charge in [0.2, 0.25) is 5.92 Å². The molecular weight excluding hydrogens is 254 g/mol. The molecule has 0 amide bonds. The van der Waals surface area contributed by atoms with Gasteiger partial charge < -0.3 is 10.2 Å². The molecule has 1 aromatic carbocycles. The van der Waals surface area contributed by atoms with Gasteiger partial charge in [0.25, 0.3) is 0 Å². The molecule has 0 radical (unpaired) electrons. The van der Waals surface area contributed by atoms with E-state index >= 15 is 0 Å². The quantitative estimate of drug-likeness (QED) is 0.885. The number of rotatable bonds is 3. The Hall–Kier alpha value is -1.65. The highest BCUT2D eigenvalue weighted by atomic mass is 19.3. The van der Waals surface area contributed by atoms with Crippen LogP contribution >= 0.6 is 0 Å². The number of carboxylic acid groups (broad SMARTS) is 1. The second-order valence-corrected chi connectivity index (χ2v) is 5.07. The number of hydrogen-bond donors (Lipinski definition) is 2. The van der Waals surface area contributed by atoms with Crippen LogP contribution in [0.2, 0.25) is 0 Å². The molecule has 0 aliphatic heterocycles. The highest BCUT2D eigenvalue weighted by molar-refractivity contribution is 5.71. The van der Waals surface area contributed by atoms with E-state index in [-0.39, 0.29) is 30.6 Å². The number of aromatic hydroxyl groups is 1. The summed E-state index contributed by atoms with van der Waals surface area (Å²) in [6.07, 6.45) is 0.318. The summed E-state index contributed by atoms with van der Waals surface area (Å²) in [4.78, 5) is 10.7. The molecule has 0 unspecified atom stereocenters. The first kappa shape index (κ1) is 13.8. The van der Waals surface area contributed by atoms with E-state index in [2.05, 4.69) is 0 Å². The van der Waals surface area contributed by atoms with Crippen molar-refractivity contribution in [3.8, 4) is 5.75 Å². The number of para-hydroxylation sites is 1. The molecule has 0 spiro atoms. The third kappa shape index (κ3) is 3.22. The van der Waals surface area contributed by atoms with Gasteiger partial charge in [-0.25, -0.2) is 8.78 Å². The Bertz CT molecular complexity index is 486. The molecule has 0 heterocycles. The average Bonchev–Trinajstić information content (AvgIpc) is 2.30. The molecular formula is C14H16F2O3. The van der Waals surface area contributed by atoms with Gasteiger partial charge in [-0.15, -0.1) is 0 Å². The standard InChI is InChI=1S/C14H16F2O3/c15-14(16)6-2-4-10(8-14)11-5-1-3-9(13(11)19)7-12(17)18/h1,3,5,10,19H,2,4,6-8H2,(H,17,18)/t10-/m0/s1. The van der Waals surface area contributed by atoms with Crippen molar-refractivity contribution in [2.75, 3.05) is 0 Å². The number of carbonyl (C=O) groups is 1. The summed E-state index contributed by atoms with van der Waals surface area (Å²) >= 11 is 0. The highest BCUT2D eigenvalue weighted by Crippen LogP contribution is 2.44. The average molecular weight is 270 g/mol. The number of phenols is 1. The SMILES string of the molecule is O=C(O)Cc1cccc([C@H]2CCCC(F)(F)C2)c1O. The second kappa shape index (κ2) is 5.15. The summed E-state index contributed by atoms with van der Waals surface area (Å²) in [6, 6.07) is 4.72. The molecule has 1 saturated carbocycles. The highest BCUT2D eigenvalue weighted by Gasteiger charge is 2.37. The third-order valence-corrected chi connectivity index (χ3v) is 3.57. The van der Waals surface area contributed by atoms with Gasteiger partial charge in [-0.05, 0) is 24.3 Å². The van der Waals surface area contributed by atoms with Crippen molar-refractivity contribution >= 4 is 5.97 Å². The summed E-state index contributed by atoms with van der Waals surface area (Å²) in [7, 11) is 0. The van der Waals surface area contributed by atoms with Gasteiger partial charge in [-0.3, -0.25) is 4.79 Å². The molecule has 2 N–H and O–H groups in total. The molecule has 0 bridgehead atoms. The summed E-state index contributed by atoms with van der Waals surface area (Å²) < 4.78 is 26.8. The Kier molecular flexibility index (Phi) is 3.73. The van der Waals surface area contributed by atoms with Crippen LogP contribution in [0.4, 0.5) is 8.78 Å². The molecule has 1 fully saturated rings. The van der Waals surface area contributed by atoms with E-state index in [4.69, 9.17) is 5.11 Å². The Balaban J connectivity index is 2.27. The summed E-state index contributed by atoms with van der Waals surface area (Å²) in [6.45, 7) is 0. The Morgan fingerprint density at radius 3 is 2.79 bits per heavy atom. The predicted octanol–water partition coefficient (Wildman–Crippen LogP) is 3.31. The monoisotopic (exact) mass is 270 g/mol. The van der Waals surface area contributed by atoms with Crippen LogP contribution in [0, 0.1) is 0 Å². The predicted molar refractivity (Wildman–Crippen MR) is 65.6 cm³/mol. The van der Waals surface area contributed by atoms with Gasteiger partial charge in [0.15, 0.2) is 0 Å². The van der Waals surface area contributed by atoms with Crippen molar-refractivity contribution in [2.45, 2.75) is 43.9 Å². The van der Waals surface area contributed by atoms with Crippen molar-refractivity contribution in [3.63, 3.8) is 0 Å².